The molecule has 1 unspecified atom stereocenters. The Hall–Kier alpha value is -1.35. The lowest BCUT2D eigenvalue weighted by molar-refractivity contribution is -0.120. The van der Waals surface area contributed by atoms with Crippen LogP contribution in [0.3, 0.4) is 0 Å². The molecule has 3 nitrogen and oxygen atoms in total. The summed E-state index contributed by atoms with van der Waals surface area (Å²) in [5, 5.41) is 2.77. The summed E-state index contributed by atoms with van der Waals surface area (Å²) in [7, 11) is 0. The summed E-state index contributed by atoms with van der Waals surface area (Å²) in [6.07, 6.45) is 0.501. The molecule has 1 aromatic carbocycles. The van der Waals surface area contributed by atoms with E-state index in [1.54, 1.807) is 0 Å². The topological polar surface area (TPSA) is 55.1 Å². The molecule has 0 saturated heterocycles. The van der Waals surface area contributed by atoms with Crippen LogP contribution in [0.25, 0.3) is 0 Å². The first kappa shape index (κ1) is 10.7. The van der Waals surface area contributed by atoms with Gasteiger partial charge in [0.2, 0.25) is 5.91 Å². The molecule has 14 heavy (non-hydrogen) atoms. The van der Waals surface area contributed by atoms with Crippen LogP contribution in [0.4, 0.5) is 0 Å². The number of hydrogen-bond donors (Lipinski definition) is 2. The first-order valence-electron chi connectivity index (χ1n) is 4.81. The molecule has 0 radical (unpaired) electrons. The van der Waals surface area contributed by atoms with E-state index in [0.29, 0.717) is 13.0 Å². The van der Waals surface area contributed by atoms with Gasteiger partial charge in [0, 0.05) is 19.0 Å². The van der Waals surface area contributed by atoms with Crippen LogP contribution in [0.1, 0.15) is 24.9 Å². The predicted molar refractivity (Wildman–Crippen MR) is 56.7 cm³/mol. The zero-order chi connectivity index (χ0) is 10.4. The van der Waals surface area contributed by atoms with E-state index in [0.717, 1.165) is 5.56 Å². The fraction of sp³-hybridized carbons (Fsp3) is 0.364. The second kappa shape index (κ2) is 5.40. The maximum Gasteiger partial charge on any atom is 0.219 e. The largest absolute Gasteiger partial charge is 0.354 e. The number of amides is 1. The van der Waals surface area contributed by atoms with E-state index in [-0.39, 0.29) is 11.9 Å². The van der Waals surface area contributed by atoms with Gasteiger partial charge in [-0.05, 0) is 5.56 Å². The lowest BCUT2D eigenvalue weighted by Crippen LogP contribution is -2.31. The van der Waals surface area contributed by atoms with Crippen molar-refractivity contribution in [3.05, 3.63) is 35.9 Å². The normalized spacial score (nSPS) is 12.1. The average Bonchev–Trinajstić information content (AvgIpc) is 2.26. The molecule has 0 saturated carbocycles. The van der Waals surface area contributed by atoms with Crippen molar-refractivity contribution >= 4 is 5.91 Å². The summed E-state index contributed by atoms with van der Waals surface area (Å²) in [4.78, 5) is 11.0. The molecular formula is C11H16N2O. The Labute approximate surface area is 84.3 Å². The van der Waals surface area contributed by atoms with Crippen molar-refractivity contribution in [3.8, 4) is 0 Å². The number of benzene rings is 1. The zero-order valence-electron chi connectivity index (χ0n) is 8.36. The van der Waals surface area contributed by atoms with E-state index in [2.05, 4.69) is 5.32 Å². The quantitative estimate of drug-likeness (QED) is 0.753. The standard InChI is InChI=1S/C11H16N2O/c1-2-11(14)13-8-10(12)9-6-4-3-5-7-9/h3-7,10H,2,8,12H2,1H3,(H,13,14). The summed E-state index contributed by atoms with van der Waals surface area (Å²) in [5.41, 5.74) is 6.93. The molecule has 0 bridgehead atoms. The molecule has 0 fully saturated rings. The first-order chi connectivity index (χ1) is 6.74. The minimum absolute atomic E-state index is 0.0383. The number of carbonyl (C=O) groups excluding carboxylic acids is 1. The summed E-state index contributed by atoms with van der Waals surface area (Å²) in [6, 6.07) is 9.63. The number of nitrogens with two attached hydrogens (primary N) is 1. The molecule has 0 aromatic heterocycles. The van der Waals surface area contributed by atoms with Crippen LogP contribution in [0.2, 0.25) is 0 Å². The second-order valence-corrected chi connectivity index (χ2v) is 3.17. The van der Waals surface area contributed by atoms with E-state index in [9.17, 15) is 4.79 Å². The number of rotatable bonds is 4. The van der Waals surface area contributed by atoms with Crippen LogP contribution < -0.4 is 11.1 Å². The summed E-state index contributed by atoms with van der Waals surface area (Å²) < 4.78 is 0. The fourth-order valence-corrected chi connectivity index (χ4v) is 1.17. The van der Waals surface area contributed by atoms with Crippen LogP contribution in [0, 0.1) is 0 Å². The van der Waals surface area contributed by atoms with Gasteiger partial charge in [-0.2, -0.15) is 0 Å². The predicted octanol–water partition coefficient (Wildman–Crippen LogP) is 1.21. The zero-order valence-corrected chi connectivity index (χ0v) is 8.36. The molecule has 3 heteroatoms. The first-order valence-corrected chi connectivity index (χ1v) is 4.81. The van der Waals surface area contributed by atoms with Crippen molar-refractivity contribution in [1.82, 2.24) is 5.32 Å². The third-order valence-corrected chi connectivity index (χ3v) is 2.07. The highest BCUT2D eigenvalue weighted by molar-refractivity contribution is 5.75. The average molecular weight is 192 g/mol. The Morgan fingerprint density at radius 3 is 2.64 bits per heavy atom. The van der Waals surface area contributed by atoms with Crippen LogP contribution in [0.5, 0.6) is 0 Å². The van der Waals surface area contributed by atoms with Crippen molar-refractivity contribution in [2.45, 2.75) is 19.4 Å². The molecule has 1 rings (SSSR count). The van der Waals surface area contributed by atoms with Gasteiger partial charge >= 0.3 is 0 Å². The van der Waals surface area contributed by atoms with Crippen molar-refractivity contribution in [1.29, 1.82) is 0 Å². The van der Waals surface area contributed by atoms with E-state index in [1.807, 2.05) is 37.3 Å². The van der Waals surface area contributed by atoms with E-state index >= 15 is 0 Å². The van der Waals surface area contributed by atoms with Gasteiger partial charge in [0.25, 0.3) is 0 Å². The minimum Gasteiger partial charge on any atom is -0.354 e. The molecule has 76 valence electrons. The number of nitrogens with one attached hydrogen (secondary N) is 1. The van der Waals surface area contributed by atoms with Crippen molar-refractivity contribution in [2.75, 3.05) is 6.54 Å². The third-order valence-electron chi connectivity index (χ3n) is 2.07. The van der Waals surface area contributed by atoms with Gasteiger partial charge in [-0.1, -0.05) is 37.3 Å². The van der Waals surface area contributed by atoms with Gasteiger partial charge in [-0.25, -0.2) is 0 Å². The van der Waals surface area contributed by atoms with Gasteiger partial charge in [0.05, 0.1) is 0 Å². The molecular weight excluding hydrogens is 176 g/mol. The molecule has 0 aliphatic carbocycles. The lowest BCUT2D eigenvalue weighted by atomic mass is 10.1. The number of hydrogen-bond acceptors (Lipinski definition) is 2. The highest BCUT2D eigenvalue weighted by atomic mass is 16.1. The van der Waals surface area contributed by atoms with Crippen LogP contribution >= 0.6 is 0 Å². The van der Waals surface area contributed by atoms with Crippen LogP contribution in [-0.2, 0) is 4.79 Å². The molecule has 3 N–H and O–H groups in total. The summed E-state index contributed by atoms with van der Waals surface area (Å²) in [5.74, 6) is 0.0383. The molecule has 1 aromatic rings. The third kappa shape index (κ3) is 3.18. The fourth-order valence-electron chi connectivity index (χ4n) is 1.17. The second-order valence-electron chi connectivity index (χ2n) is 3.17. The van der Waals surface area contributed by atoms with Gasteiger partial charge < -0.3 is 11.1 Å². The highest BCUT2D eigenvalue weighted by Crippen LogP contribution is 2.07. The smallest absolute Gasteiger partial charge is 0.219 e. The Balaban J connectivity index is 2.43. The maximum absolute atomic E-state index is 11.0. The van der Waals surface area contributed by atoms with Crippen molar-refractivity contribution in [3.63, 3.8) is 0 Å². The lowest BCUT2D eigenvalue weighted by Gasteiger charge is -2.12. The van der Waals surface area contributed by atoms with Gasteiger partial charge in [0.15, 0.2) is 0 Å². The SMILES string of the molecule is CCC(=O)NCC(N)c1ccccc1. The minimum atomic E-state index is -0.119. The van der Waals surface area contributed by atoms with Gasteiger partial charge in [0.1, 0.15) is 0 Å². The van der Waals surface area contributed by atoms with Crippen molar-refractivity contribution in [2.24, 2.45) is 5.73 Å². The highest BCUT2D eigenvalue weighted by Gasteiger charge is 2.05. The number of carbonyl (C=O) groups is 1. The van der Waals surface area contributed by atoms with Gasteiger partial charge in [-0.15, -0.1) is 0 Å². The molecule has 1 atom stereocenters. The molecule has 1 amide bonds. The molecule has 0 heterocycles. The Morgan fingerprint density at radius 2 is 2.07 bits per heavy atom. The maximum atomic E-state index is 11.0. The Morgan fingerprint density at radius 1 is 1.43 bits per heavy atom. The van der Waals surface area contributed by atoms with Crippen LogP contribution in [-0.4, -0.2) is 12.5 Å². The Kier molecular flexibility index (Phi) is 4.13. The van der Waals surface area contributed by atoms with Crippen molar-refractivity contribution < 1.29 is 4.79 Å². The molecule has 0 aliphatic rings. The van der Waals surface area contributed by atoms with E-state index in [4.69, 9.17) is 5.73 Å². The Bertz CT molecular complexity index is 285. The molecule has 0 spiro atoms. The molecule has 0 aliphatic heterocycles. The van der Waals surface area contributed by atoms with Crippen LogP contribution in [0.15, 0.2) is 30.3 Å². The van der Waals surface area contributed by atoms with E-state index in [1.165, 1.54) is 0 Å². The monoisotopic (exact) mass is 192 g/mol. The van der Waals surface area contributed by atoms with Gasteiger partial charge in [-0.3, -0.25) is 4.79 Å². The summed E-state index contributed by atoms with van der Waals surface area (Å²) >= 11 is 0. The summed E-state index contributed by atoms with van der Waals surface area (Å²) in [6.45, 7) is 2.32. The van der Waals surface area contributed by atoms with E-state index < -0.39 is 0 Å².